The van der Waals surface area contributed by atoms with Crippen LogP contribution in [-0.2, 0) is 16.6 Å². The molecule has 7 nitrogen and oxygen atoms in total. The molecule has 0 aromatic carbocycles. The van der Waals surface area contributed by atoms with Crippen molar-refractivity contribution >= 4 is 10.0 Å². The van der Waals surface area contributed by atoms with Crippen molar-refractivity contribution in [1.29, 1.82) is 0 Å². The SMILES string of the molecule is CCn1nccc1-c1cc(C)nc([C@@H]2CCCCN2S(C)(=O)=O)n1. The molecule has 1 aliphatic heterocycles. The van der Waals surface area contributed by atoms with Crippen LogP contribution in [0.3, 0.4) is 0 Å². The van der Waals surface area contributed by atoms with Gasteiger partial charge in [0.15, 0.2) is 0 Å². The average molecular weight is 349 g/mol. The monoisotopic (exact) mass is 349 g/mol. The number of aryl methyl sites for hydroxylation is 2. The van der Waals surface area contributed by atoms with Gasteiger partial charge in [-0.1, -0.05) is 6.42 Å². The van der Waals surface area contributed by atoms with Gasteiger partial charge in [-0.15, -0.1) is 0 Å². The molecule has 1 saturated heterocycles. The summed E-state index contributed by atoms with van der Waals surface area (Å²) in [5.74, 6) is 0.582. The average Bonchev–Trinajstić information content (AvgIpc) is 3.02. The van der Waals surface area contributed by atoms with Crippen molar-refractivity contribution in [3.8, 4) is 11.4 Å². The minimum Gasteiger partial charge on any atom is -0.264 e. The van der Waals surface area contributed by atoms with E-state index in [4.69, 9.17) is 4.98 Å². The van der Waals surface area contributed by atoms with Crippen molar-refractivity contribution in [3.63, 3.8) is 0 Å². The van der Waals surface area contributed by atoms with Crippen LogP contribution in [0.4, 0.5) is 0 Å². The zero-order chi connectivity index (χ0) is 17.3. The Bertz CT molecular complexity index is 831. The maximum absolute atomic E-state index is 12.1. The summed E-state index contributed by atoms with van der Waals surface area (Å²) in [6.07, 6.45) is 5.62. The van der Waals surface area contributed by atoms with E-state index in [9.17, 15) is 8.42 Å². The van der Waals surface area contributed by atoms with Crippen LogP contribution < -0.4 is 0 Å². The molecule has 8 heteroatoms. The molecular weight excluding hydrogens is 326 g/mol. The summed E-state index contributed by atoms with van der Waals surface area (Å²) in [6, 6.07) is 3.55. The van der Waals surface area contributed by atoms with E-state index in [0.717, 1.165) is 42.9 Å². The lowest BCUT2D eigenvalue weighted by molar-refractivity contribution is 0.248. The van der Waals surface area contributed by atoms with Crippen LogP contribution in [0.1, 0.15) is 43.7 Å². The quantitative estimate of drug-likeness (QED) is 0.845. The zero-order valence-electron chi connectivity index (χ0n) is 14.3. The third-order valence-electron chi connectivity index (χ3n) is 4.33. The molecule has 1 aliphatic rings. The molecule has 0 amide bonds. The van der Waals surface area contributed by atoms with E-state index in [0.29, 0.717) is 12.4 Å². The van der Waals surface area contributed by atoms with E-state index in [1.165, 1.54) is 10.6 Å². The molecule has 2 aromatic rings. The fourth-order valence-electron chi connectivity index (χ4n) is 3.23. The van der Waals surface area contributed by atoms with Gasteiger partial charge in [-0.05, 0) is 38.8 Å². The van der Waals surface area contributed by atoms with Crippen LogP contribution in [-0.4, -0.2) is 45.3 Å². The first-order valence-electron chi connectivity index (χ1n) is 8.24. The van der Waals surface area contributed by atoms with Gasteiger partial charge in [-0.2, -0.15) is 9.40 Å². The first kappa shape index (κ1) is 17.0. The highest BCUT2D eigenvalue weighted by Gasteiger charge is 2.32. The second-order valence-corrected chi connectivity index (χ2v) is 8.11. The molecular formula is C16H23N5O2S. The van der Waals surface area contributed by atoms with Crippen LogP contribution in [0, 0.1) is 6.92 Å². The standard InChI is InChI=1S/C16H23N5O2S/c1-4-20-14(8-9-17-20)13-11-12(2)18-16(19-13)15-7-5-6-10-21(15)24(3,22)23/h8-9,11,15H,4-7,10H2,1-3H3/t15-/m0/s1. The summed E-state index contributed by atoms with van der Waals surface area (Å²) in [5, 5.41) is 4.29. The highest BCUT2D eigenvalue weighted by atomic mass is 32.2. The van der Waals surface area contributed by atoms with E-state index in [1.807, 2.05) is 30.7 Å². The number of rotatable bonds is 4. The molecule has 0 spiro atoms. The van der Waals surface area contributed by atoms with Crippen LogP contribution in [0.5, 0.6) is 0 Å². The van der Waals surface area contributed by atoms with Crippen molar-refractivity contribution in [3.05, 3.63) is 29.8 Å². The number of aromatic nitrogens is 4. The fraction of sp³-hybridized carbons (Fsp3) is 0.562. The third-order valence-corrected chi connectivity index (χ3v) is 5.62. The predicted octanol–water partition coefficient (Wildman–Crippen LogP) is 2.16. The summed E-state index contributed by atoms with van der Waals surface area (Å²) in [7, 11) is -3.28. The van der Waals surface area contributed by atoms with E-state index < -0.39 is 10.0 Å². The number of nitrogens with zero attached hydrogens (tertiary/aromatic N) is 5. The van der Waals surface area contributed by atoms with E-state index >= 15 is 0 Å². The first-order chi connectivity index (χ1) is 11.4. The molecule has 0 unspecified atom stereocenters. The Morgan fingerprint density at radius 1 is 1.29 bits per heavy atom. The molecule has 0 radical (unpaired) electrons. The molecule has 24 heavy (non-hydrogen) atoms. The van der Waals surface area contributed by atoms with Crippen molar-refractivity contribution in [2.75, 3.05) is 12.8 Å². The maximum Gasteiger partial charge on any atom is 0.211 e. The normalized spacial score (nSPS) is 19.5. The molecule has 1 atom stereocenters. The number of piperidine rings is 1. The lowest BCUT2D eigenvalue weighted by Gasteiger charge is -2.32. The predicted molar refractivity (Wildman–Crippen MR) is 91.8 cm³/mol. The highest BCUT2D eigenvalue weighted by molar-refractivity contribution is 7.88. The van der Waals surface area contributed by atoms with Gasteiger partial charge in [0.05, 0.1) is 23.7 Å². The fourth-order valence-corrected chi connectivity index (χ4v) is 4.36. The van der Waals surface area contributed by atoms with Gasteiger partial charge < -0.3 is 0 Å². The highest BCUT2D eigenvalue weighted by Crippen LogP contribution is 2.32. The number of hydrogen-bond acceptors (Lipinski definition) is 5. The molecule has 130 valence electrons. The van der Waals surface area contributed by atoms with E-state index in [1.54, 1.807) is 6.20 Å². The molecule has 1 fully saturated rings. The van der Waals surface area contributed by atoms with Crippen molar-refractivity contribution < 1.29 is 8.42 Å². The molecule has 0 N–H and O–H groups in total. The minimum atomic E-state index is -3.28. The van der Waals surface area contributed by atoms with Crippen molar-refractivity contribution in [2.24, 2.45) is 0 Å². The topological polar surface area (TPSA) is 81.0 Å². The Morgan fingerprint density at radius 2 is 2.08 bits per heavy atom. The van der Waals surface area contributed by atoms with E-state index in [2.05, 4.69) is 10.1 Å². The Kier molecular flexibility index (Phi) is 4.69. The molecule has 2 aromatic heterocycles. The van der Waals surface area contributed by atoms with Gasteiger partial charge in [-0.25, -0.2) is 18.4 Å². The van der Waals surface area contributed by atoms with E-state index in [-0.39, 0.29) is 6.04 Å². The Balaban J connectivity index is 2.05. The number of hydrogen-bond donors (Lipinski definition) is 0. The molecule has 0 saturated carbocycles. The summed E-state index contributed by atoms with van der Waals surface area (Å²) in [5.41, 5.74) is 2.54. The Morgan fingerprint density at radius 3 is 2.79 bits per heavy atom. The smallest absolute Gasteiger partial charge is 0.211 e. The van der Waals surface area contributed by atoms with Crippen LogP contribution >= 0.6 is 0 Å². The number of sulfonamides is 1. The second kappa shape index (κ2) is 6.60. The van der Waals surface area contributed by atoms with Crippen LogP contribution in [0.25, 0.3) is 11.4 Å². The van der Waals surface area contributed by atoms with Crippen molar-refractivity contribution in [2.45, 2.75) is 45.7 Å². The molecule has 3 rings (SSSR count). The van der Waals surface area contributed by atoms with Gasteiger partial charge >= 0.3 is 0 Å². The summed E-state index contributed by atoms with van der Waals surface area (Å²) >= 11 is 0. The van der Waals surface area contributed by atoms with Gasteiger partial charge in [0.2, 0.25) is 10.0 Å². The van der Waals surface area contributed by atoms with Crippen molar-refractivity contribution in [1.82, 2.24) is 24.1 Å². The Labute approximate surface area is 142 Å². The molecule has 0 aliphatic carbocycles. The molecule has 0 bridgehead atoms. The van der Waals surface area contributed by atoms with Gasteiger partial charge in [0.25, 0.3) is 0 Å². The zero-order valence-corrected chi connectivity index (χ0v) is 15.1. The Hall–Kier alpha value is -1.80. The van der Waals surface area contributed by atoms with Gasteiger partial charge in [0, 0.05) is 25.0 Å². The van der Waals surface area contributed by atoms with Gasteiger partial charge in [0.1, 0.15) is 5.82 Å². The van der Waals surface area contributed by atoms with Gasteiger partial charge in [-0.3, -0.25) is 4.68 Å². The maximum atomic E-state index is 12.1. The lowest BCUT2D eigenvalue weighted by Crippen LogP contribution is -2.38. The minimum absolute atomic E-state index is 0.287. The summed E-state index contributed by atoms with van der Waals surface area (Å²) < 4.78 is 27.7. The first-order valence-corrected chi connectivity index (χ1v) is 10.1. The summed E-state index contributed by atoms with van der Waals surface area (Å²) in [6.45, 7) is 5.22. The van der Waals surface area contributed by atoms with Crippen LogP contribution in [0.2, 0.25) is 0 Å². The second-order valence-electron chi connectivity index (χ2n) is 6.17. The van der Waals surface area contributed by atoms with Crippen LogP contribution in [0.15, 0.2) is 18.3 Å². The third kappa shape index (κ3) is 3.34. The largest absolute Gasteiger partial charge is 0.264 e. The molecule has 3 heterocycles. The summed E-state index contributed by atoms with van der Waals surface area (Å²) in [4.78, 5) is 9.23. The lowest BCUT2D eigenvalue weighted by atomic mass is 10.0.